The van der Waals surface area contributed by atoms with Crippen molar-refractivity contribution in [2.75, 3.05) is 17.3 Å². The van der Waals surface area contributed by atoms with E-state index in [1.54, 1.807) is 55.6 Å². The first-order valence-electron chi connectivity index (χ1n) is 13.1. The number of ether oxygens (including phenoxy) is 1. The molecular formula is C30H34N6O4. The molecule has 3 amide bonds. The molecule has 0 saturated heterocycles. The highest BCUT2D eigenvalue weighted by atomic mass is 16.5. The number of aromatic nitrogens is 3. The molecule has 10 nitrogen and oxygen atoms in total. The summed E-state index contributed by atoms with van der Waals surface area (Å²) >= 11 is 0. The topological polar surface area (TPSA) is 118 Å². The van der Waals surface area contributed by atoms with Gasteiger partial charge in [-0.15, -0.1) is 5.10 Å². The zero-order chi connectivity index (χ0) is 28.9. The van der Waals surface area contributed by atoms with E-state index in [1.165, 1.54) is 16.5 Å². The van der Waals surface area contributed by atoms with Gasteiger partial charge < -0.3 is 15.4 Å². The smallest absolute Gasteiger partial charge is 0.249 e. The predicted octanol–water partition coefficient (Wildman–Crippen LogP) is 4.48. The van der Waals surface area contributed by atoms with Crippen LogP contribution in [0.2, 0.25) is 0 Å². The number of para-hydroxylation sites is 1. The first kappa shape index (κ1) is 28.3. The number of methoxy groups -OCH3 is 1. The predicted molar refractivity (Wildman–Crippen MR) is 154 cm³/mol. The maximum atomic E-state index is 14.2. The molecule has 0 bridgehead atoms. The fourth-order valence-electron chi connectivity index (χ4n) is 4.28. The van der Waals surface area contributed by atoms with E-state index in [4.69, 9.17) is 4.74 Å². The van der Waals surface area contributed by atoms with Crippen LogP contribution in [0.3, 0.4) is 0 Å². The molecule has 1 unspecified atom stereocenters. The molecule has 0 aliphatic carbocycles. The lowest BCUT2D eigenvalue weighted by Crippen LogP contribution is -2.51. The number of rotatable bonds is 10. The minimum Gasteiger partial charge on any atom is -0.497 e. The van der Waals surface area contributed by atoms with Crippen LogP contribution >= 0.6 is 0 Å². The monoisotopic (exact) mass is 542 g/mol. The number of hydrogen-bond donors (Lipinski definition) is 2. The number of amides is 3. The summed E-state index contributed by atoms with van der Waals surface area (Å²) in [5.41, 5.74) is 2.52. The van der Waals surface area contributed by atoms with E-state index in [0.29, 0.717) is 40.1 Å². The van der Waals surface area contributed by atoms with Gasteiger partial charge in [-0.2, -0.15) is 0 Å². The third kappa shape index (κ3) is 6.45. The second-order valence-electron chi connectivity index (χ2n) is 10.1. The third-order valence-corrected chi connectivity index (χ3v) is 6.72. The van der Waals surface area contributed by atoms with E-state index in [0.717, 1.165) is 0 Å². The van der Waals surface area contributed by atoms with E-state index >= 15 is 0 Å². The molecule has 0 spiro atoms. The Bertz CT molecular complexity index is 1490. The number of anilines is 2. The Balaban J connectivity index is 1.82. The highest BCUT2D eigenvalue weighted by molar-refractivity contribution is 6.02. The average molecular weight is 543 g/mol. The van der Waals surface area contributed by atoms with Crippen molar-refractivity contribution in [1.29, 1.82) is 0 Å². The van der Waals surface area contributed by atoms with Crippen LogP contribution in [-0.2, 0) is 20.9 Å². The fraction of sp³-hybridized carbons (Fsp3) is 0.300. The van der Waals surface area contributed by atoms with E-state index in [2.05, 4.69) is 20.9 Å². The second-order valence-corrected chi connectivity index (χ2v) is 10.1. The largest absolute Gasteiger partial charge is 0.497 e. The maximum absolute atomic E-state index is 14.2. The molecular weight excluding hydrogens is 508 g/mol. The molecule has 3 aromatic carbocycles. The first-order chi connectivity index (χ1) is 19.1. The van der Waals surface area contributed by atoms with Crippen molar-refractivity contribution in [2.45, 2.75) is 52.2 Å². The summed E-state index contributed by atoms with van der Waals surface area (Å²) in [5, 5.41) is 14.2. The molecule has 2 N–H and O–H groups in total. The molecule has 10 heteroatoms. The van der Waals surface area contributed by atoms with Crippen molar-refractivity contribution in [3.8, 4) is 5.75 Å². The second kappa shape index (κ2) is 12.0. The minimum absolute atomic E-state index is 0.148. The lowest BCUT2D eigenvalue weighted by molar-refractivity contribution is -0.128. The van der Waals surface area contributed by atoms with Crippen LogP contribution in [0, 0.1) is 0 Å². The molecule has 4 rings (SSSR count). The summed E-state index contributed by atoms with van der Waals surface area (Å²) in [4.78, 5) is 41.2. The molecule has 0 saturated carbocycles. The zero-order valence-corrected chi connectivity index (χ0v) is 23.3. The SMILES string of the molecule is CCC(C)(C)NC(=O)C(c1ccc(OC)cc1)N(C(=O)Cn1nnc2ccccc21)c1ccc(NC(C)=O)cc1. The summed E-state index contributed by atoms with van der Waals surface area (Å²) in [5.74, 6) is -0.285. The van der Waals surface area contributed by atoms with Crippen molar-refractivity contribution >= 4 is 40.1 Å². The molecule has 1 heterocycles. The van der Waals surface area contributed by atoms with Crippen molar-refractivity contribution in [1.82, 2.24) is 20.3 Å². The van der Waals surface area contributed by atoms with E-state index in [9.17, 15) is 14.4 Å². The highest BCUT2D eigenvalue weighted by Crippen LogP contribution is 2.31. The van der Waals surface area contributed by atoms with Crippen molar-refractivity contribution in [2.24, 2.45) is 0 Å². The molecule has 1 aromatic heterocycles. The van der Waals surface area contributed by atoms with Crippen LogP contribution in [0.1, 0.15) is 45.7 Å². The lowest BCUT2D eigenvalue weighted by Gasteiger charge is -2.34. The molecule has 0 fully saturated rings. The third-order valence-electron chi connectivity index (χ3n) is 6.72. The minimum atomic E-state index is -1.01. The van der Waals surface area contributed by atoms with Crippen molar-refractivity contribution < 1.29 is 19.1 Å². The Morgan fingerprint density at radius 2 is 1.68 bits per heavy atom. The fourth-order valence-corrected chi connectivity index (χ4v) is 4.28. The van der Waals surface area contributed by atoms with Crippen LogP contribution in [-0.4, -0.2) is 45.4 Å². The Hall–Kier alpha value is -4.73. The molecule has 1 atom stereocenters. The van der Waals surface area contributed by atoms with Gasteiger partial charge in [-0.05, 0) is 74.4 Å². The van der Waals surface area contributed by atoms with Crippen molar-refractivity contribution in [3.63, 3.8) is 0 Å². The first-order valence-corrected chi connectivity index (χ1v) is 13.1. The maximum Gasteiger partial charge on any atom is 0.249 e. The standard InChI is InChI=1S/C30H34N6O4/c1-6-30(3,4)32-29(39)28(21-11-17-24(40-5)18-12-21)36(23-15-13-22(14-16-23)31-20(2)37)27(38)19-35-26-10-8-7-9-25(26)33-34-35/h7-18,28H,6,19H2,1-5H3,(H,31,37)(H,32,39). The van der Waals surface area contributed by atoms with Gasteiger partial charge in [0.25, 0.3) is 0 Å². The van der Waals surface area contributed by atoms with Gasteiger partial charge in [0.2, 0.25) is 17.7 Å². The Kier molecular flexibility index (Phi) is 8.47. The van der Waals surface area contributed by atoms with Gasteiger partial charge in [0.05, 0.1) is 12.6 Å². The van der Waals surface area contributed by atoms with E-state index in [1.807, 2.05) is 45.0 Å². The highest BCUT2D eigenvalue weighted by Gasteiger charge is 2.35. The Morgan fingerprint density at radius 1 is 1.00 bits per heavy atom. The summed E-state index contributed by atoms with van der Waals surface area (Å²) < 4.78 is 6.84. The van der Waals surface area contributed by atoms with Gasteiger partial charge in [0, 0.05) is 23.8 Å². The van der Waals surface area contributed by atoms with E-state index < -0.39 is 11.6 Å². The summed E-state index contributed by atoms with van der Waals surface area (Å²) in [6.07, 6.45) is 0.693. The van der Waals surface area contributed by atoms with Crippen LogP contribution in [0.4, 0.5) is 11.4 Å². The number of hydrogen-bond acceptors (Lipinski definition) is 6. The Labute approximate surface area is 233 Å². The van der Waals surface area contributed by atoms with Gasteiger partial charge in [-0.1, -0.05) is 36.4 Å². The molecule has 0 aliphatic rings. The van der Waals surface area contributed by atoms with Crippen LogP contribution in [0.15, 0.2) is 72.8 Å². The number of nitrogens with zero attached hydrogens (tertiary/aromatic N) is 4. The average Bonchev–Trinajstić information content (AvgIpc) is 3.34. The number of benzene rings is 3. The normalized spacial score (nSPS) is 12.0. The quantitative estimate of drug-likeness (QED) is 0.305. The van der Waals surface area contributed by atoms with Gasteiger partial charge >= 0.3 is 0 Å². The summed E-state index contributed by atoms with van der Waals surface area (Å²) in [6, 6.07) is 20.2. The molecule has 208 valence electrons. The van der Waals surface area contributed by atoms with Crippen LogP contribution in [0.25, 0.3) is 11.0 Å². The lowest BCUT2D eigenvalue weighted by atomic mass is 9.98. The number of fused-ring (bicyclic) bond motifs is 1. The van der Waals surface area contributed by atoms with Crippen LogP contribution < -0.4 is 20.3 Å². The van der Waals surface area contributed by atoms with Crippen molar-refractivity contribution in [3.05, 3.63) is 78.4 Å². The van der Waals surface area contributed by atoms with E-state index in [-0.39, 0.29) is 24.3 Å². The number of nitrogens with one attached hydrogen (secondary N) is 2. The van der Waals surface area contributed by atoms with Gasteiger partial charge in [-0.3, -0.25) is 19.3 Å². The number of carbonyl (C=O) groups is 3. The number of carbonyl (C=O) groups excluding carboxylic acids is 3. The van der Waals surface area contributed by atoms with Gasteiger partial charge in [0.15, 0.2) is 0 Å². The zero-order valence-electron chi connectivity index (χ0n) is 23.3. The molecule has 0 radical (unpaired) electrons. The summed E-state index contributed by atoms with van der Waals surface area (Å²) in [6.45, 7) is 7.14. The molecule has 40 heavy (non-hydrogen) atoms. The Morgan fingerprint density at radius 3 is 2.30 bits per heavy atom. The van der Waals surface area contributed by atoms with Crippen LogP contribution in [0.5, 0.6) is 5.75 Å². The summed E-state index contributed by atoms with van der Waals surface area (Å²) in [7, 11) is 1.57. The molecule has 4 aromatic rings. The molecule has 0 aliphatic heterocycles. The van der Waals surface area contributed by atoms with Gasteiger partial charge in [-0.25, -0.2) is 4.68 Å². The van der Waals surface area contributed by atoms with Gasteiger partial charge in [0.1, 0.15) is 23.9 Å².